The minimum atomic E-state index is -2.80. The van der Waals surface area contributed by atoms with Crippen LogP contribution in [0.1, 0.15) is 28.0 Å². The third-order valence-electron chi connectivity index (χ3n) is 2.16. The van der Waals surface area contributed by atoms with Gasteiger partial charge in [0.15, 0.2) is 0 Å². The third kappa shape index (κ3) is 2.50. The first kappa shape index (κ1) is 13.3. The molecule has 0 saturated carbocycles. The van der Waals surface area contributed by atoms with E-state index in [1.807, 2.05) is 0 Å². The van der Waals surface area contributed by atoms with Crippen LogP contribution in [0.2, 0.25) is 0 Å². The number of pyridine rings is 1. The Balaban J connectivity index is 3.48. The van der Waals surface area contributed by atoms with Crippen LogP contribution in [0, 0.1) is 0 Å². The molecule has 1 aromatic heterocycles. The molecule has 2 N–H and O–H groups in total. The number of carbonyl (C=O) groups is 1. The Bertz CT molecular complexity index is 424. The highest BCUT2D eigenvalue weighted by atomic mass is 19.3. The number of carbonyl (C=O) groups excluding carboxylic acids is 1. The molecule has 0 bridgehead atoms. The average Bonchev–Trinajstić information content (AvgIpc) is 2.35. The number of rotatable bonds is 4. The molecule has 1 aromatic rings. The zero-order chi connectivity index (χ0) is 13.0. The summed E-state index contributed by atoms with van der Waals surface area (Å²) in [4.78, 5) is 15.2. The molecule has 0 aliphatic rings. The van der Waals surface area contributed by atoms with Crippen molar-refractivity contribution in [2.75, 3.05) is 14.2 Å². The van der Waals surface area contributed by atoms with Crippen LogP contribution in [0.5, 0.6) is 5.75 Å². The summed E-state index contributed by atoms with van der Waals surface area (Å²) >= 11 is 0. The van der Waals surface area contributed by atoms with Gasteiger partial charge in [0.2, 0.25) is 0 Å². The molecule has 0 radical (unpaired) electrons. The summed E-state index contributed by atoms with van der Waals surface area (Å²) in [7, 11) is 2.32. The summed E-state index contributed by atoms with van der Waals surface area (Å²) in [5.74, 6) is -1.06. The Kier molecular flexibility index (Phi) is 4.33. The Morgan fingerprint density at radius 2 is 2.18 bits per heavy atom. The van der Waals surface area contributed by atoms with E-state index in [-0.39, 0.29) is 23.6 Å². The molecule has 0 amide bonds. The summed E-state index contributed by atoms with van der Waals surface area (Å²) in [5, 5.41) is 0. The fourth-order valence-electron chi connectivity index (χ4n) is 1.39. The quantitative estimate of drug-likeness (QED) is 0.810. The molecule has 0 aromatic carbocycles. The Morgan fingerprint density at radius 1 is 1.53 bits per heavy atom. The molecule has 0 saturated heterocycles. The molecule has 0 aliphatic heterocycles. The van der Waals surface area contributed by atoms with E-state index < -0.39 is 18.0 Å². The number of methoxy groups -OCH3 is 2. The summed E-state index contributed by atoms with van der Waals surface area (Å²) in [6, 6.07) is 0. The van der Waals surface area contributed by atoms with Gasteiger partial charge >= 0.3 is 5.97 Å². The molecule has 1 heterocycles. The highest BCUT2D eigenvalue weighted by Crippen LogP contribution is 2.33. The number of nitrogens with two attached hydrogens (primary N) is 1. The van der Waals surface area contributed by atoms with E-state index in [9.17, 15) is 13.6 Å². The van der Waals surface area contributed by atoms with Gasteiger partial charge < -0.3 is 15.2 Å². The molecule has 0 atom stereocenters. The van der Waals surface area contributed by atoms with Gasteiger partial charge in [-0.2, -0.15) is 0 Å². The number of hydrogen-bond acceptors (Lipinski definition) is 5. The topological polar surface area (TPSA) is 74.4 Å². The smallest absolute Gasteiger partial charge is 0.343 e. The van der Waals surface area contributed by atoms with Crippen molar-refractivity contribution in [3.63, 3.8) is 0 Å². The van der Waals surface area contributed by atoms with Crippen LogP contribution in [-0.2, 0) is 11.3 Å². The molecule has 0 unspecified atom stereocenters. The minimum absolute atomic E-state index is 0.0791. The SMILES string of the molecule is COC(=O)c1c(CN)ncc(C(F)F)c1OC. The van der Waals surface area contributed by atoms with E-state index in [1.165, 1.54) is 7.11 Å². The lowest BCUT2D eigenvalue weighted by molar-refractivity contribution is 0.0594. The maximum absolute atomic E-state index is 12.7. The van der Waals surface area contributed by atoms with Crippen molar-refractivity contribution in [2.45, 2.75) is 13.0 Å². The lowest BCUT2D eigenvalue weighted by Gasteiger charge is -2.14. The van der Waals surface area contributed by atoms with Crippen molar-refractivity contribution in [1.29, 1.82) is 0 Å². The highest BCUT2D eigenvalue weighted by Gasteiger charge is 2.25. The van der Waals surface area contributed by atoms with Gasteiger partial charge in [-0.15, -0.1) is 0 Å². The van der Waals surface area contributed by atoms with E-state index in [2.05, 4.69) is 9.72 Å². The van der Waals surface area contributed by atoms with Crippen molar-refractivity contribution >= 4 is 5.97 Å². The zero-order valence-corrected chi connectivity index (χ0v) is 9.37. The molecule has 0 fully saturated rings. The summed E-state index contributed by atoms with van der Waals surface area (Å²) in [5.41, 5.74) is 4.91. The maximum atomic E-state index is 12.7. The molecule has 17 heavy (non-hydrogen) atoms. The normalized spacial score (nSPS) is 10.5. The second-order valence-corrected chi connectivity index (χ2v) is 3.06. The lowest BCUT2D eigenvalue weighted by Crippen LogP contribution is -2.14. The number of ether oxygens (including phenoxy) is 2. The van der Waals surface area contributed by atoms with Crippen molar-refractivity contribution in [2.24, 2.45) is 5.73 Å². The van der Waals surface area contributed by atoms with Crippen molar-refractivity contribution in [3.05, 3.63) is 23.0 Å². The van der Waals surface area contributed by atoms with Crippen LogP contribution in [0.25, 0.3) is 0 Å². The first-order chi connectivity index (χ1) is 8.06. The Hall–Kier alpha value is -1.76. The first-order valence-electron chi connectivity index (χ1n) is 4.69. The van der Waals surface area contributed by atoms with Crippen LogP contribution in [0.3, 0.4) is 0 Å². The van der Waals surface area contributed by atoms with Crippen LogP contribution in [0.4, 0.5) is 8.78 Å². The number of hydrogen-bond donors (Lipinski definition) is 1. The Labute approximate surface area is 96.5 Å². The molecule has 0 spiro atoms. The van der Waals surface area contributed by atoms with E-state index in [1.54, 1.807) is 0 Å². The van der Waals surface area contributed by atoms with Crippen molar-refractivity contribution in [3.8, 4) is 5.75 Å². The van der Waals surface area contributed by atoms with Gasteiger partial charge in [-0.1, -0.05) is 0 Å². The lowest BCUT2D eigenvalue weighted by atomic mass is 10.1. The van der Waals surface area contributed by atoms with Crippen LogP contribution in [-0.4, -0.2) is 25.2 Å². The van der Waals surface area contributed by atoms with E-state index >= 15 is 0 Å². The molecule has 0 aliphatic carbocycles. The van der Waals surface area contributed by atoms with Gasteiger partial charge in [0.25, 0.3) is 6.43 Å². The van der Waals surface area contributed by atoms with Gasteiger partial charge in [-0.25, -0.2) is 13.6 Å². The fourth-order valence-corrected chi connectivity index (χ4v) is 1.39. The standard InChI is InChI=1S/C10H12F2N2O3/c1-16-8-5(9(11)12)4-14-6(3-13)7(8)10(15)17-2/h4,9H,3,13H2,1-2H3. The number of nitrogens with zero attached hydrogens (tertiary/aromatic N) is 1. The zero-order valence-electron chi connectivity index (χ0n) is 9.37. The van der Waals surface area contributed by atoms with Gasteiger partial charge in [0, 0.05) is 12.7 Å². The van der Waals surface area contributed by atoms with Crippen molar-refractivity contribution in [1.82, 2.24) is 4.98 Å². The van der Waals surface area contributed by atoms with Gasteiger partial charge in [0.05, 0.1) is 25.5 Å². The van der Waals surface area contributed by atoms with Gasteiger partial charge in [-0.3, -0.25) is 4.98 Å². The number of halogens is 2. The Morgan fingerprint density at radius 3 is 2.59 bits per heavy atom. The number of aromatic nitrogens is 1. The number of alkyl halides is 2. The van der Waals surface area contributed by atoms with Gasteiger partial charge in [0.1, 0.15) is 11.3 Å². The molecule has 5 nitrogen and oxygen atoms in total. The molecule has 7 heteroatoms. The highest BCUT2D eigenvalue weighted by molar-refractivity contribution is 5.94. The summed E-state index contributed by atoms with van der Waals surface area (Å²) in [6.45, 7) is -0.0791. The predicted octanol–water partition coefficient (Wildman–Crippen LogP) is 1.27. The van der Waals surface area contributed by atoms with Crippen LogP contribution < -0.4 is 10.5 Å². The average molecular weight is 246 g/mol. The van der Waals surface area contributed by atoms with Gasteiger partial charge in [-0.05, 0) is 0 Å². The van der Waals surface area contributed by atoms with E-state index in [4.69, 9.17) is 10.5 Å². The van der Waals surface area contributed by atoms with Crippen LogP contribution >= 0.6 is 0 Å². The predicted molar refractivity (Wildman–Crippen MR) is 55.0 cm³/mol. The third-order valence-corrected chi connectivity index (χ3v) is 2.16. The fraction of sp³-hybridized carbons (Fsp3) is 0.400. The first-order valence-corrected chi connectivity index (χ1v) is 4.69. The maximum Gasteiger partial charge on any atom is 0.343 e. The molecule has 94 valence electrons. The second kappa shape index (κ2) is 5.53. The van der Waals surface area contributed by atoms with E-state index in [0.717, 1.165) is 13.3 Å². The molecule has 1 rings (SSSR count). The van der Waals surface area contributed by atoms with Crippen LogP contribution in [0.15, 0.2) is 6.20 Å². The minimum Gasteiger partial charge on any atom is -0.495 e. The summed E-state index contributed by atoms with van der Waals surface area (Å²) in [6.07, 6.45) is -1.86. The molecular formula is C10H12F2N2O3. The second-order valence-electron chi connectivity index (χ2n) is 3.06. The largest absolute Gasteiger partial charge is 0.495 e. The monoisotopic (exact) mass is 246 g/mol. The molecular weight excluding hydrogens is 234 g/mol. The van der Waals surface area contributed by atoms with Crippen molar-refractivity contribution < 1.29 is 23.0 Å². The van der Waals surface area contributed by atoms with E-state index in [0.29, 0.717) is 0 Å². The number of esters is 1. The summed E-state index contributed by atoms with van der Waals surface area (Å²) < 4.78 is 34.7.